The highest BCUT2D eigenvalue weighted by Gasteiger charge is 2.23. The van der Waals surface area contributed by atoms with E-state index in [9.17, 15) is 10.1 Å². The first-order valence-electron chi connectivity index (χ1n) is 10.1. The van der Waals surface area contributed by atoms with Crippen LogP contribution in [0, 0.1) is 11.3 Å². The molecular weight excluding hydrogens is 352 g/mol. The van der Waals surface area contributed by atoms with Gasteiger partial charge in [0.15, 0.2) is 0 Å². The van der Waals surface area contributed by atoms with Crippen LogP contribution in [0.3, 0.4) is 0 Å². The lowest BCUT2D eigenvalue weighted by molar-refractivity contribution is -0.131. The van der Waals surface area contributed by atoms with Crippen LogP contribution < -0.4 is 4.90 Å². The third-order valence-electron chi connectivity index (χ3n) is 5.46. The molecule has 1 amide bonds. The van der Waals surface area contributed by atoms with Crippen LogP contribution in [-0.4, -0.2) is 71.5 Å². The Morgan fingerprint density at radius 2 is 1.79 bits per heavy atom. The molecule has 1 aliphatic rings. The quantitative estimate of drug-likeness (QED) is 0.733. The molecule has 2 heterocycles. The van der Waals surface area contributed by atoms with Gasteiger partial charge < -0.3 is 14.7 Å². The Labute approximate surface area is 166 Å². The molecule has 0 aliphatic carbocycles. The van der Waals surface area contributed by atoms with E-state index in [1.807, 2.05) is 11.0 Å². The number of rotatable bonds is 7. The summed E-state index contributed by atoms with van der Waals surface area (Å²) in [7, 11) is 0. The maximum absolute atomic E-state index is 12.5. The zero-order valence-corrected chi connectivity index (χ0v) is 16.8. The second kappa shape index (κ2) is 9.47. The van der Waals surface area contributed by atoms with Crippen LogP contribution in [0.5, 0.6) is 0 Å². The average Bonchev–Trinajstić information content (AvgIpc) is 2.76. The third kappa shape index (κ3) is 4.39. The number of benzene rings is 1. The van der Waals surface area contributed by atoms with Gasteiger partial charge in [0.2, 0.25) is 5.91 Å². The van der Waals surface area contributed by atoms with Gasteiger partial charge in [0.05, 0.1) is 11.3 Å². The molecule has 1 aromatic carbocycles. The minimum Gasteiger partial charge on any atom is -0.366 e. The van der Waals surface area contributed by atoms with Gasteiger partial charge in [0.25, 0.3) is 0 Å². The molecule has 7 nitrogen and oxygen atoms in total. The predicted molar refractivity (Wildman–Crippen MR) is 110 cm³/mol. The summed E-state index contributed by atoms with van der Waals surface area (Å²) in [5, 5.41) is 9.29. The molecule has 0 atom stereocenters. The number of hydrogen-bond donors (Lipinski definition) is 0. The Balaban J connectivity index is 1.59. The van der Waals surface area contributed by atoms with Crippen molar-refractivity contribution in [3.8, 4) is 6.07 Å². The van der Waals surface area contributed by atoms with Gasteiger partial charge in [0, 0.05) is 45.0 Å². The van der Waals surface area contributed by atoms with Crippen molar-refractivity contribution < 1.29 is 4.79 Å². The van der Waals surface area contributed by atoms with E-state index >= 15 is 0 Å². The number of fused-ring (bicyclic) bond motifs is 1. The van der Waals surface area contributed by atoms with Crippen LogP contribution in [0.2, 0.25) is 0 Å². The third-order valence-corrected chi connectivity index (χ3v) is 5.46. The van der Waals surface area contributed by atoms with E-state index in [-0.39, 0.29) is 5.91 Å². The molecule has 1 fully saturated rings. The van der Waals surface area contributed by atoms with E-state index in [1.165, 1.54) is 0 Å². The number of carbonyl (C=O) groups excluding carboxylic acids is 1. The fraction of sp³-hybridized carbons (Fsp3) is 0.524. The standard InChI is InChI=1S/C21H28N6O/c1-3-25(4-2)11-5-6-19(28)27-14-12-26(13-15-27)18-8-7-17(16-22)20-21(18)24-10-9-23-20/h7-10H,3-6,11-15H2,1-2H3. The van der Waals surface area contributed by atoms with Crippen molar-refractivity contribution in [2.45, 2.75) is 26.7 Å². The number of nitrogens with zero attached hydrogens (tertiary/aromatic N) is 6. The summed E-state index contributed by atoms with van der Waals surface area (Å²) in [4.78, 5) is 27.9. The molecule has 0 unspecified atom stereocenters. The lowest BCUT2D eigenvalue weighted by Crippen LogP contribution is -2.49. The van der Waals surface area contributed by atoms with Crippen LogP contribution in [0.15, 0.2) is 24.5 Å². The predicted octanol–water partition coefficient (Wildman–Crippen LogP) is 2.27. The van der Waals surface area contributed by atoms with Crippen LogP contribution in [0.4, 0.5) is 5.69 Å². The Kier molecular flexibility index (Phi) is 6.77. The first-order chi connectivity index (χ1) is 13.7. The van der Waals surface area contributed by atoms with Crippen LogP contribution in [0.1, 0.15) is 32.3 Å². The first kappa shape index (κ1) is 20.0. The fourth-order valence-electron chi connectivity index (χ4n) is 3.74. The molecule has 0 bridgehead atoms. The molecule has 1 saturated heterocycles. The van der Waals surface area contributed by atoms with Gasteiger partial charge >= 0.3 is 0 Å². The number of anilines is 1. The van der Waals surface area contributed by atoms with E-state index < -0.39 is 0 Å². The fourth-order valence-corrected chi connectivity index (χ4v) is 3.74. The highest BCUT2D eigenvalue weighted by molar-refractivity contribution is 5.92. The summed E-state index contributed by atoms with van der Waals surface area (Å²) < 4.78 is 0. The Bertz CT molecular complexity index is 850. The van der Waals surface area contributed by atoms with E-state index in [0.29, 0.717) is 30.6 Å². The zero-order valence-electron chi connectivity index (χ0n) is 16.8. The largest absolute Gasteiger partial charge is 0.366 e. The summed E-state index contributed by atoms with van der Waals surface area (Å²) >= 11 is 0. The Hall–Kier alpha value is -2.72. The van der Waals surface area contributed by atoms with Crippen molar-refractivity contribution in [2.75, 3.05) is 50.7 Å². The lowest BCUT2D eigenvalue weighted by atomic mass is 10.1. The van der Waals surface area contributed by atoms with Gasteiger partial charge in [-0.1, -0.05) is 13.8 Å². The lowest BCUT2D eigenvalue weighted by Gasteiger charge is -2.36. The van der Waals surface area contributed by atoms with E-state index in [1.54, 1.807) is 18.5 Å². The minimum atomic E-state index is 0.247. The number of aromatic nitrogens is 2. The minimum absolute atomic E-state index is 0.247. The smallest absolute Gasteiger partial charge is 0.222 e. The van der Waals surface area contributed by atoms with Gasteiger partial charge in [0.1, 0.15) is 17.1 Å². The van der Waals surface area contributed by atoms with Gasteiger partial charge in [-0.15, -0.1) is 0 Å². The molecule has 0 spiro atoms. The summed E-state index contributed by atoms with van der Waals surface area (Å²) in [5.41, 5.74) is 2.91. The molecule has 1 aromatic heterocycles. The molecule has 3 rings (SSSR count). The van der Waals surface area contributed by atoms with Crippen molar-refractivity contribution in [1.29, 1.82) is 5.26 Å². The molecular formula is C21H28N6O. The van der Waals surface area contributed by atoms with Gasteiger partial charge in [-0.25, -0.2) is 0 Å². The van der Waals surface area contributed by atoms with E-state index in [2.05, 4.69) is 39.7 Å². The van der Waals surface area contributed by atoms with Gasteiger partial charge in [-0.3, -0.25) is 14.8 Å². The molecule has 2 aromatic rings. The van der Waals surface area contributed by atoms with Crippen LogP contribution in [0.25, 0.3) is 11.0 Å². The summed E-state index contributed by atoms with van der Waals surface area (Å²) in [6, 6.07) is 5.92. The highest BCUT2D eigenvalue weighted by Crippen LogP contribution is 2.27. The topological polar surface area (TPSA) is 76.4 Å². The zero-order chi connectivity index (χ0) is 19.9. The molecule has 0 radical (unpaired) electrons. The maximum Gasteiger partial charge on any atom is 0.222 e. The Morgan fingerprint density at radius 1 is 1.11 bits per heavy atom. The molecule has 0 saturated carbocycles. The number of hydrogen-bond acceptors (Lipinski definition) is 6. The second-order valence-electron chi connectivity index (χ2n) is 7.00. The van der Waals surface area contributed by atoms with Gasteiger partial charge in [-0.2, -0.15) is 5.26 Å². The summed E-state index contributed by atoms with van der Waals surface area (Å²) in [6.07, 6.45) is 4.79. The average molecular weight is 380 g/mol. The van der Waals surface area contributed by atoms with Crippen molar-refractivity contribution >= 4 is 22.6 Å². The summed E-state index contributed by atoms with van der Waals surface area (Å²) in [5.74, 6) is 0.247. The summed E-state index contributed by atoms with van der Waals surface area (Å²) in [6.45, 7) is 10.3. The van der Waals surface area contributed by atoms with Crippen molar-refractivity contribution in [1.82, 2.24) is 19.8 Å². The van der Waals surface area contributed by atoms with E-state index in [0.717, 1.165) is 50.3 Å². The maximum atomic E-state index is 12.5. The number of amides is 1. The molecule has 148 valence electrons. The normalized spacial score (nSPS) is 14.5. The monoisotopic (exact) mass is 380 g/mol. The number of piperazine rings is 1. The highest BCUT2D eigenvalue weighted by atomic mass is 16.2. The van der Waals surface area contributed by atoms with Crippen molar-refractivity contribution in [3.63, 3.8) is 0 Å². The molecule has 7 heteroatoms. The molecule has 1 aliphatic heterocycles. The Morgan fingerprint density at radius 3 is 2.43 bits per heavy atom. The number of nitriles is 1. The second-order valence-corrected chi connectivity index (χ2v) is 7.00. The van der Waals surface area contributed by atoms with Crippen molar-refractivity contribution in [3.05, 3.63) is 30.1 Å². The van der Waals surface area contributed by atoms with E-state index in [4.69, 9.17) is 0 Å². The SMILES string of the molecule is CCN(CC)CCCC(=O)N1CCN(c2ccc(C#N)c3nccnc23)CC1. The van der Waals surface area contributed by atoms with Crippen LogP contribution in [-0.2, 0) is 4.79 Å². The first-order valence-corrected chi connectivity index (χ1v) is 10.1. The number of carbonyl (C=O) groups is 1. The molecule has 28 heavy (non-hydrogen) atoms. The van der Waals surface area contributed by atoms with Gasteiger partial charge in [-0.05, 0) is 38.2 Å². The van der Waals surface area contributed by atoms with Crippen LogP contribution >= 0.6 is 0 Å². The molecule has 0 N–H and O–H groups in total. The van der Waals surface area contributed by atoms with Crippen molar-refractivity contribution in [2.24, 2.45) is 0 Å².